The van der Waals surface area contributed by atoms with Crippen molar-refractivity contribution in [2.45, 2.75) is 12.5 Å². The summed E-state index contributed by atoms with van der Waals surface area (Å²) in [5.74, 6) is 0.766. The summed E-state index contributed by atoms with van der Waals surface area (Å²) in [5.41, 5.74) is 2.60. The predicted octanol–water partition coefficient (Wildman–Crippen LogP) is 1.05. The number of hydrogen-bond donors (Lipinski definition) is 1. The van der Waals surface area contributed by atoms with Gasteiger partial charge in [-0.1, -0.05) is 24.3 Å². The van der Waals surface area contributed by atoms with Crippen LogP contribution in [0.5, 0.6) is 0 Å². The largest absolute Gasteiger partial charge is 0.266 e. The third-order valence-corrected chi connectivity index (χ3v) is 2.72. The summed E-state index contributed by atoms with van der Waals surface area (Å²) in [4.78, 5) is 4.18. The Hall–Kier alpha value is -1.68. The molecular weight excluding hydrogens is 188 g/mol. The van der Waals surface area contributed by atoms with Crippen LogP contribution < -0.4 is 5.32 Å². The van der Waals surface area contributed by atoms with Gasteiger partial charge in [0.15, 0.2) is 5.82 Å². The van der Waals surface area contributed by atoms with E-state index in [0.717, 1.165) is 18.8 Å². The molecule has 4 nitrogen and oxygen atoms in total. The molecule has 2 aromatic rings. The van der Waals surface area contributed by atoms with E-state index in [9.17, 15) is 0 Å². The summed E-state index contributed by atoms with van der Waals surface area (Å²) in [6.45, 7) is 0.857. The molecule has 1 aliphatic heterocycles. The van der Waals surface area contributed by atoms with Crippen LogP contribution in [0.1, 0.15) is 23.0 Å². The molecule has 1 aromatic carbocycles. The third kappa shape index (κ3) is 1.43. The van der Waals surface area contributed by atoms with Gasteiger partial charge < -0.3 is 0 Å². The van der Waals surface area contributed by atoms with Crippen LogP contribution in [-0.2, 0) is 6.42 Å². The molecule has 1 N–H and O–H groups in total. The topological polar surface area (TPSA) is 55.7 Å². The Bertz CT molecular complexity index is 449. The van der Waals surface area contributed by atoms with E-state index in [-0.39, 0.29) is 6.04 Å². The molecule has 0 spiro atoms. The zero-order valence-corrected chi connectivity index (χ0v) is 8.22. The van der Waals surface area contributed by atoms with Crippen LogP contribution in [0.25, 0.3) is 0 Å². The predicted molar refractivity (Wildman–Crippen MR) is 55.4 cm³/mol. The number of H-pyrrole nitrogens is 1. The summed E-state index contributed by atoms with van der Waals surface area (Å²) in [6, 6.07) is 8.39. The van der Waals surface area contributed by atoms with Gasteiger partial charge in [-0.15, -0.1) is 0 Å². The van der Waals surface area contributed by atoms with Gasteiger partial charge in [0.05, 0.1) is 0 Å². The Morgan fingerprint density at radius 2 is 2.20 bits per heavy atom. The van der Waals surface area contributed by atoms with Gasteiger partial charge in [-0.25, -0.2) is 10.3 Å². The quantitative estimate of drug-likeness (QED) is 0.746. The van der Waals surface area contributed by atoms with E-state index in [1.54, 1.807) is 6.33 Å². The Balaban J connectivity index is 2.06. The highest BCUT2D eigenvalue weighted by Gasteiger charge is 2.24. The van der Waals surface area contributed by atoms with Gasteiger partial charge in [-0.05, 0) is 17.5 Å². The second-order valence-corrected chi connectivity index (χ2v) is 3.61. The van der Waals surface area contributed by atoms with Gasteiger partial charge in [0.1, 0.15) is 12.4 Å². The number of hydrogen-bond acceptors (Lipinski definition) is 2. The minimum Gasteiger partial charge on any atom is -0.266 e. The summed E-state index contributed by atoms with van der Waals surface area (Å²) in [7, 11) is 0. The SMILES string of the molecule is c1ccc2c(c1)CC[N][C@@H]2c1nc[nH]n1. The van der Waals surface area contributed by atoms with Gasteiger partial charge in [0.2, 0.25) is 0 Å². The standard InChI is InChI=1S/C11H11N4/c1-2-4-9-8(3-1)5-6-12-10(9)11-13-7-14-15-11/h1-4,7,10H,5-6H2,(H,13,14,15)/t10-/m0/s1. The summed E-state index contributed by atoms with van der Waals surface area (Å²) < 4.78 is 0. The molecular formula is C11H11N4. The molecule has 4 heteroatoms. The van der Waals surface area contributed by atoms with E-state index in [1.807, 2.05) is 6.07 Å². The normalized spacial score (nSPS) is 19.9. The zero-order valence-electron chi connectivity index (χ0n) is 8.22. The molecule has 0 aliphatic carbocycles. The first kappa shape index (κ1) is 8.61. The van der Waals surface area contributed by atoms with Crippen molar-refractivity contribution in [3.63, 3.8) is 0 Å². The molecule has 1 aromatic heterocycles. The number of nitrogens with zero attached hydrogens (tertiary/aromatic N) is 3. The zero-order chi connectivity index (χ0) is 10.1. The highest BCUT2D eigenvalue weighted by atomic mass is 15.2. The molecule has 1 aliphatic rings. The lowest BCUT2D eigenvalue weighted by Gasteiger charge is -2.22. The number of benzene rings is 1. The van der Waals surface area contributed by atoms with Crippen molar-refractivity contribution in [1.29, 1.82) is 0 Å². The van der Waals surface area contributed by atoms with Gasteiger partial charge in [-0.2, -0.15) is 5.10 Å². The lowest BCUT2D eigenvalue weighted by molar-refractivity contribution is 0.533. The highest BCUT2D eigenvalue weighted by Crippen LogP contribution is 2.26. The van der Waals surface area contributed by atoms with E-state index in [4.69, 9.17) is 0 Å². The maximum Gasteiger partial charge on any atom is 0.173 e. The lowest BCUT2D eigenvalue weighted by Crippen LogP contribution is -2.25. The molecule has 0 fully saturated rings. The molecule has 0 unspecified atom stereocenters. The van der Waals surface area contributed by atoms with Crippen molar-refractivity contribution in [3.05, 3.63) is 47.5 Å². The first-order valence-electron chi connectivity index (χ1n) is 5.05. The number of nitrogens with one attached hydrogen (secondary N) is 1. The second kappa shape index (κ2) is 3.47. The molecule has 2 heterocycles. The third-order valence-electron chi connectivity index (χ3n) is 2.72. The Morgan fingerprint density at radius 3 is 3.07 bits per heavy atom. The minimum atomic E-state index is 0.0150. The number of aromatic nitrogens is 3. The van der Waals surface area contributed by atoms with Crippen LogP contribution in [-0.4, -0.2) is 21.7 Å². The van der Waals surface area contributed by atoms with Crippen LogP contribution in [0.4, 0.5) is 0 Å². The summed E-state index contributed by atoms with van der Waals surface area (Å²) in [5, 5.41) is 11.4. The first-order chi connectivity index (χ1) is 7.45. The van der Waals surface area contributed by atoms with Gasteiger partial charge in [-0.3, -0.25) is 5.10 Å². The van der Waals surface area contributed by atoms with Gasteiger partial charge in [0.25, 0.3) is 0 Å². The smallest absolute Gasteiger partial charge is 0.173 e. The molecule has 1 atom stereocenters. The van der Waals surface area contributed by atoms with Crippen LogP contribution in [0.15, 0.2) is 30.6 Å². The fourth-order valence-electron chi connectivity index (χ4n) is 2.01. The van der Waals surface area contributed by atoms with Crippen LogP contribution in [0, 0.1) is 0 Å². The lowest BCUT2D eigenvalue weighted by atomic mass is 9.94. The van der Waals surface area contributed by atoms with E-state index >= 15 is 0 Å². The molecule has 0 saturated heterocycles. The summed E-state index contributed by atoms with van der Waals surface area (Å²) >= 11 is 0. The molecule has 0 bridgehead atoms. The van der Waals surface area contributed by atoms with Crippen LogP contribution >= 0.6 is 0 Å². The number of aromatic amines is 1. The van der Waals surface area contributed by atoms with E-state index in [1.165, 1.54) is 11.1 Å². The Morgan fingerprint density at radius 1 is 1.27 bits per heavy atom. The van der Waals surface area contributed by atoms with Crippen LogP contribution in [0.3, 0.4) is 0 Å². The van der Waals surface area contributed by atoms with Crippen molar-refractivity contribution >= 4 is 0 Å². The van der Waals surface area contributed by atoms with Crippen molar-refractivity contribution < 1.29 is 0 Å². The average molecular weight is 199 g/mol. The minimum absolute atomic E-state index is 0.0150. The maximum atomic E-state index is 4.57. The van der Waals surface area contributed by atoms with E-state index in [2.05, 4.69) is 38.7 Å². The molecule has 1 radical (unpaired) electrons. The van der Waals surface area contributed by atoms with E-state index in [0.29, 0.717) is 0 Å². The molecule has 75 valence electrons. The second-order valence-electron chi connectivity index (χ2n) is 3.61. The van der Waals surface area contributed by atoms with Crippen LogP contribution in [0.2, 0.25) is 0 Å². The van der Waals surface area contributed by atoms with Gasteiger partial charge in [0, 0.05) is 6.54 Å². The van der Waals surface area contributed by atoms with Crippen molar-refractivity contribution in [3.8, 4) is 0 Å². The number of fused-ring (bicyclic) bond motifs is 1. The average Bonchev–Trinajstić information content (AvgIpc) is 2.82. The molecule has 0 amide bonds. The molecule has 15 heavy (non-hydrogen) atoms. The highest BCUT2D eigenvalue weighted by molar-refractivity contribution is 5.35. The van der Waals surface area contributed by atoms with Crippen molar-refractivity contribution in [2.24, 2.45) is 0 Å². The monoisotopic (exact) mass is 199 g/mol. The molecule has 0 saturated carbocycles. The first-order valence-corrected chi connectivity index (χ1v) is 5.05. The fourth-order valence-corrected chi connectivity index (χ4v) is 2.01. The Labute approximate surface area is 87.7 Å². The maximum absolute atomic E-state index is 4.57. The van der Waals surface area contributed by atoms with Gasteiger partial charge >= 0.3 is 0 Å². The Kier molecular flexibility index (Phi) is 1.99. The van der Waals surface area contributed by atoms with Crippen molar-refractivity contribution in [1.82, 2.24) is 20.5 Å². The van der Waals surface area contributed by atoms with Crippen molar-refractivity contribution in [2.75, 3.05) is 6.54 Å². The summed E-state index contributed by atoms with van der Waals surface area (Å²) in [6.07, 6.45) is 2.62. The van der Waals surface area contributed by atoms with E-state index < -0.39 is 0 Å². The fraction of sp³-hybridized carbons (Fsp3) is 0.273. The molecule has 3 rings (SSSR count). The number of rotatable bonds is 1.